The van der Waals surface area contributed by atoms with Gasteiger partial charge in [0.1, 0.15) is 0 Å². The molecule has 0 aliphatic carbocycles. The van der Waals surface area contributed by atoms with E-state index in [1.165, 1.54) is 16.4 Å². The summed E-state index contributed by atoms with van der Waals surface area (Å²) in [6.45, 7) is 0. The minimum Gasteiger partial charge on any atom is -0.308 e. The zero-order valence-electron chi connectivity index (χ0n) is 28.8. The second-order valence-electron chi connectivity index (χ2n) is 13.2. The molecule has 0 saturated heterocycles. The summed E-state index contributed by atoms with van der Waals surface area (Å²) >= 11 is 0. The van der Waals surface area contributed by atoms with Crippen LogP contribution in [0.2, 0.25) is 0 Å². The minimum absolute atomic E-state index is 0.713. The molecular weight excluding hydrogens is 645 g/mol. The first kappa shape index (κ1) is 30.6. The van der Waals surface area contributed by atoms with Crippen molar-refractivity contribution >= 4 is 32.7 Å². The Morgan fingerprint density at radius 1 is 0.358 bits per heavy atom. The molecule has 0 atom stereocenters. The van der Waals surface area contributed by atoms with Crippen LogP contribution < -0.4 is 0 Å². The van der Waals surface area contributed by atoms with Crippen molar-refractivity contribution < 1.29 is 0 Å². The van der Waals surface area contributed by atoms with E-state index in [9.17, 15) is 0 Å². The Bertz CT molecular complexity index is 2840. The molecule has 53 heavy (non-hydrogen) atoms. The summed E-state index contributed by atoms with van der Waals surface area (Å²) in [5.74, 6) is 0.713. The van der Waals surface area contributed by atoms with E-state index in [1.54, 1.807) is 0 Å². The summed E-state index contributed by atoms with van der Waals surface area (Å²) in [7, 11) is 0. The SMILES string of the molecule is c1ccc(-c2cc(-c3ccc(-c4ccc(-c5nc6ccccc6c6c5c5ccccc5n6-c5ccccc5)cc4)cc3)nc(-c3ccccc3)n2)cc1. The van der Waals surface area contributed by atoms with E-state index in [0.29, 0.717) is 5.82 Å². The van der Waals surface area contributed by atoms with Gasteiger partial charge in [0.05, 0.1) is 33.6 Å². The van der Waals surface area contributed by atoms with Gasteiger partial charge in [-0.15, -0.1) is 0 Å². The second kappa shape index (κ2) is 12.9. The number of hydrogen-bond donors (Lipinski definition) is 0. The van der Waals surface area contributed by atoms with Gasteiger partial charge in [0, 0.05) is 44.1 Å². The lowest BCUT2D eigenvalue weighted by molar-refractivity contribution is 1.18. The van der Waals surface area contributed by atoms with E-state index in [4.69, 9.17) is 15.0 Å². The van der Waals surface area contributed by atoms with Crippen molar-refractivity contribution in [3.63, 3.8) is 0 Å². The fourth-order valence-corrected chi connectivity index (χ4v) is 7.46. The lowest BCUT2D eigenvalue weighted by Crippen LogP contribution is -1.96. The highest BCUT2D eigenvalue weighted by atomic mass is 15.0. The zero-order chi connectivity index (χ0) is 35.1. The molecule has 0 fully saturated rings. The highest BCUT2D eigenvalue weighted by molar-refractivity contribution is 6.22. The van der Waals surface area contributed by atoms with E-state index in [-0.39, 0.29) is 0 Å². The summed E-state index contributed by atoms with van der Waals surface area (Å²) in [6, 6.07) is 67.8. The van der Waals surface area contributed by atoms with Crippen LogP contribution in [0.15, 0.2) is 194 Å². The van der Waals surface area contributed by atoms with E-state index in [2.05, 4.69) is 162 Å². The number of pyridine rings is 1. The van der Waals surface area contributed by atoms with Crippen LogP contribution in [0.25, 0.3) is 94.7 Å². The molecule has 0 unspecified atom stereocenters. The second-order valence-corrected chi connectivity index (χ2v) is 13.2. The predicted octanol–water partition coefficient (Wildman–Crippen LogP) is 12.5. The molecule has 248 valence electrons. The third kappa shape index (κ3) is 5.45. The molecule has 0 N–H and O–H groups in total. The minimum atomic E-state index is 0.713. The van der Waals surface area contributed by atoms with Crippen molar-refractivity contribution in [3.05, 3.63) is 194 Å². The summed E-state index contributed by atoms with van der Waals surface area (Å²) in [4.78, 5) is 15.3. The number of para-hydroxylation sites is 3. The average molecular weight is 677 g/mol. The molecule has 7 aromatic carbocycles. The molecule has 0 spiro atoms. The van der Waals surface area contributed by atoms with Gasteiger partial charge in [-0.3, -0.25) is 0 Å². The Morgan fingerprint density at radius 2 is 0.849 bits per heavy atom. The van der Waals surface area contributed by atoms with Crippen molar-refractivity contribution in [2.75, 3.05) is 0 Å². The van der Waals surface area contributed by atoms with E-state index < -0.39 is 0 Å². The van der Waals surface area contributed by atoms with Crippen LogP contribution in [0.1, 0.15) is 0 Å². The zero-order valence-corrected chi connectivity index (χ0v) is 28.8. The third-order valence-corrected chi connectivity index (χ3v) is 10.0. The van der Waals surface area contributed by atoms with Crippen molar-refractivity contribution in [2.24, 2.45) is 0 Å². The highest BCUT2D eigenvalue weighted by Crippen LogP contribution is 2.41. The molecule has 10 aromatic rings. The van der Waals surface area contributed by atoms with Gasteiger partial charge in [-0.2, -0.15) is 0 Å². The van der Waals surface area contributed by atoms with Crippen molar-refractivity contribution in [1.29, 1.82) is 0 Å². The molecule has 0 amide bonds. The molecule has 10 rings (SSSR count). The molecule has 4 heteroatoms. The Kier molecular flexibility index (Phi) is 7.43. The standard InChI is InChI=1S/C49H32N4/c1-4-14-35(15-5-1)43-32-44(52-49(51-43)38-16-6-2-7-17-38)36-28-24-33(25-29-36)34-26-30-37(31-27-34)47-46-41-21-11-13-23-45(41)53(39-18-8-3-9-19-39)48(46)40-20-10-12-22-42(40)50-47/h1-32H. The fourth-order valence-electron chi connectivity index (χ4n) is 7.46. The average Bonchev–Trinajstić information content (AvgIpc) is 3.60. The smallest absolute Gasteiger partial charge is 0.160 e. The fraction of sp³-hybridized carbons (Fsp3) is 0. The van der Waals surface area contributed by atoms with Gasteiger partial charge in [0.25, 0.3) is 0 Å². The molecule has 0 bridgehead atoms. The molecular formula is C49H32N4. The lowest BCUT2D eigenvalue weighted by Gasteiger charge is -2.12. The number of benzene rings is 7. The number of rotatable bonds is 6. The molecule has 4 nitrogen and oxygen atoms in total. The molecule has 0 saturated carbocycles. The number of hydrogen-bond acceptors (Lipinski definition) is 3. The maximum Gasteiger partial charge on any atom is 0.160 e. The largest absolute Gasteiger partial charge is 0.308 e. The van der Waals surface area contributed by atoms with Crippen LogP contribution in [-0.4, -0.2) is 19.5 Å². The van der Waals surface area contributed by atoms with Crippen LogP contribution in [0, 0.1) is 0 Å². The maximum atomic E-state index is 5.31. The Morgan fingerprint density at radius 3 is 1.51 bits per heavy atom. The Hall–Kier alpha value is -7.17. The van der Waals surface area contributed by atoms with Crippen LogP contribution >= 0.6 is 0 Å². The Balaban J connectivity index is 1.05. The topological polar surface area (TPSA) is 43.6 Å². The summed E-state index contributed by atoms with van der Waals surface area (Å²) in [5.41, 5.74) is 13.7. The van der Waals surface area contributed by atoms with E-state index in [1.807, 2.05) is 36.4 Å². The monoisotopic (exact) mass is 676 g/mol. The number of aromatic nitrogens is 4. The van der Waals surface area contributed by atoms with Crippen LogP contribution in [0.5, 0.6) is 0 Å². The van der Waals surface area contributed by atoms with Crippen LogP contribution in [-0.2, 0) is 0 Å². The van der Waals surface area contributed by atoms with Gasteiger partial charge in [-0.1, -0.05) is 164 Å². The van der Waals surface area contributed by atoms with Gasteiger partial charge in [-0.25, -0.2) is 15.0 Å². The van der Waals surface area contributed by atoms with E-state index in [0.717, 1.165) is 72.4 Å². The predicted molar refractivity (Wildman–Crippen MR) is 219 cm³/mol. The summed E-state index contributed by atoms with van der Waals surface area (Å²) in [6.07, 6.45) is 0. The van der Waals surface area contributed by atoms with Crippen molar-refractivity contribution in [2.45, 2.75) is 0 Å². The molecule has 0 aliphatic heterocycles. The van der Waals surface area contributed by atoms with Crippen LogP contribution in [0.4, 0.5) is 0 Å². The first-order valence-corrected chi connectivity index (χ1v) is 17.9. The molecule has 3 heterocycles. The molecule has 3 aromatic heterocycles. The normalized spacial score (nSPS) is 11.4. The van der Waals surface area contributed by atoms with Gasteiger partial charge in [0.15, 0.2) is 5.82 Å². The quantitative estimate of drug-likeness (QED) is 0.176. The van der Waals surface area contributed by atoms with Crippen molar-refractivity contribution in [3.8, 4) is 62.0 Å². The van der Waals surface area contributed by atoms with Crippen molar-refractivity contribution in [1.82, 2.24) is 19.5 Å². The number of fused-ring (bicyclic) bond motifs is 5. The lowest BCUT2D eigenvalue weighted by atomic mass is 9.98. The van der Waals surface area contributed by atoms with E-state index >= 15 is 0 Å². The summed E-state index contributed by atoms with van der Waals surface area (Å²) in [5, 5.41) is 3.49. The van der Waals surface area contributed by atoms with Gasteiger partial charge in [0.2, 0.25) is 0 Å². The van der Waals surface area contributed by atoms with Gasteiger partial charge >= 0.3 is 0 Å². The van der Waals surface area contributed by atoms with Crippen LogP contribution in [0.3, 0.4) is 0 Å². The number of nitrogens with zero attached hydrogens (tertiary/aromatic N) is 4. The first-order chi connectivity index (χ1) is 26.3. The Labute approximate surface area is 307 Å². The van der Waals surface area contributed by atoms with Gasteiger partial charge < -0.3 is 4.57 Å². The maximum absolute atomic E-state index is 5.31. The third-order valence-electron chi connectivity index (χ3n) is 10.0. The molecule has 0 aliphatic rings. The highest BCUT2D eigenvalue weighted by Gasteiger charge is 2.20. The molecule has 0 radical (unpaired) electrons. The van der Waals surface area contributed by atoms with Gasteiger partial charge in [-0.05, 0) is 41.5 Å². The summed E-state index contributed by atoms with van der Waals surface area (Å²) < 4.78 is 2.39. The first-order valence-electron chi connectivity index (χ1n) is 17.9.